The van der Waals surface area contributed by atoms with Crippen molar-refractivity contribution in [2.75, 3.05) is 17.3 Å². The van der Waals surface area contributed by atoms with Crippen LogP contribution in [0.3, 0.4) is 0 Å². The zero-order chi connectivity index (χ0) is 24.6. The Morgan fingerprint density at radius 3 is 2.14 bits per heavy atom. The van der Waals surface area contributed by atoms with Crippen molar-refractivity contribution in [3.8, 4) is 0 Å². The second-order valence-corrected chi connectivity index (χ2v) is 9.04. The summed E-state index contributed by atoms with van der Waals surface area (Å²) >= 11 is 0. The Kier molecular flexibility index (Phi) is 5.38. The molecule has 1 N–H and O–H groups in total. The monoisotopic (exact) mass is 470 g/mol. The van der Waals surface area contributed by atoms with Crippen LogP contribution in [0.25, 0.3) is 11.0 Å². The van der Waals surface area contributed by atoms with Crippen molar-refractivity contribution in [1.29, 1.82) is 0 Å². The Hall–Kier alpha value is -4.64. The number of nitrogens with zero attached hydrogens (tertiary/aromatic N) is 3. The molecule has 0 saturated heterocycles. The number of benzene rings is 4. The molecule has 0 radical (unpaired) electrons. The van der Waals surface area contributed by atoms with E-state index in [9.17, 15) is 4.79 Å². The van der Waals surface area contributed by atoms with Gasteiger partial charge in [0.15, 0.2) is 5.78 Å². The van der Waals surface area contributed by atoms with E-state index < -0.39 is 0 Å². The van der Waals surface area contributed by atoms with Gasteiger partial charge in [0.2, 0.25) is 5.95 Å². The van der Waals surface area contributed by atoms with E-state index in [0.29, 0.717) is 5.56 Å². The number of rotatable bonds is 5. The highest BCUT2D eigenvalue weighted by molar-refractivity contribution is 6.11. The minimum absolute atomic E-state index is 0.0134. The summed E-state index contributed by atoms with van der Waals surface area (Å²) in [6, 6.07) is 36.0. The minimum Gasteiger partial charge on any atom is -0.345 e. The van der Waals surface area contributed by atoms with Crippen molar-refractivity contribution < 1.29 is 4.79 Å². The van der Waals surface area contributed by atoms with Crippen LogP contribution in [0.5, 0.6) is 0 Å². The number of ketones is 1. The van der Waals surface area contributed by atoms with Crippen LogP contribution in [0.4, 0.5) is 17.3 Å². The number of carbonyl (C=O) groups excluding carboxylic acids is 1. The first-order valence-electron chi connectivity index (χ1n) is 12.0. The van der Waals surface area contributed by atoms with E-state index in [-0.39, 0.29) is 11.8 Å². The van der Waals surface area contributed by atoms with Crippen LogP contribution < -0.4 is 10.2 Å². The molecule has 36 heavy (non-hydrogen) atoms. The molecule has 1 atom stereocenters. The van der Waals surface area contributed by atoms with Gasteiger partial charge in [0.25, 0.3) is 0 Å². The van der Waals surface area contributed by atoms with Crippen molar-refractivity contribution in [1.82, 2.24) is 9.55 Å². The Bertz CT molecular complexity index is 1580. The standard InChI is InChI=1S/C31H26N4O/c1-21-28(30(36)23-11-5-3-6-12-23)29(35-27-16-10-9-15-26(27)33-31(35)32-21)22-17-19-25(20-18-22)34(2)24-13-7-4-8-14-24/h3-20,29H,1-2H3,(H,32,33). The summed E-state index contributed by atoms with van der Waals surface area (Å²) in [6.07, 6.45) is 0. The van der Waals surface area contributed by atoms with E-state index in [2.05, 4.69) is 64.3 Å². The molecule has 5 nitrogen and oxygen atoms in total. The summed E-state index contributed by atoms with van der Waals surface area (Å²) in [6.45, 7) is 1.96. The third-order valence-electron chi connectivity index (χ3n) is 6.85. The summed E-state index contributed by atoms with van der Waals surface area (Å²) in [7, 11) is 2.06. The molecule has 0 aliphatic carbocycles. The van der Waals surface area contributed by atoms with Crippen molar-refractivity contribution in [2.24, 2.45) is 0 Å². The van der Waals surface area contributed by atoms with Gasteiger partial charge in [-0.2, -0.15) is 0 Å². The zero-order valence-corrected chi connectivity index (χ0v) is 20.2. The maximum Gasteiger partial charge on any atom is 0.209 e. The van der Waals surface area contributed by atoms with Crippen molar-refractivity contribution >= 4 is 34.1 Å². The number of imidazole rings is 1. The lowest BCUT2D eigenvalue weighted by Crippen LogP contribution is -2.28. The number of hydrogen-bond donors (Lipinski definition) is 1. The first-order chi connectivity index (χ1) is 17.6. The van der Waals surface area contributed by atoms with Crippen molar-refractivity contribution in [2.45, 2.75) is 13.0 Å². The fraction of sp³-hybridized carbons (Fsp3) is 0.0968. The molecule has 1 aromatic heterocycles. The van der Waals surface area contributed by atoms with Crippen molar-refractivity contribution in [3.63, 3.8) is 0 Å². The molecule has 1 aliphatic rings. The Morgan fingerprint density at radius 1 is 0.806 bits per heavy atom. The predicted octanol–water partition coefficient (Wildman–Crippen LogP) is 6.98. The van der Waals surface area contributed by atoms with Gasteiger partial charge < -0.3 is 10.2 Å². The average Bonchev–Trinajstić information content (AvgIpc) is 3.30. The Labute approximate surface area is 210 Å². The van der Waals surface area contributed by atoms with Crippen LogP contribution in [0.1, 0.15) is 28.9 Å². The quantitative estimate of drug-likeness (QED) is 0.282. The molecule has 176 valence electrons. The van der Waals surface area contributed by atoms with E-state index in [1.165, 1.54) is 0 Å². The third-order valence-corrected chi connectivity index (χ3v) is 6.85. The lowest BCUT2D eigenvalue weighted by molar-refractivity contribution is 0.102. The SMILES string of the molecule is CC1=C(C(=O)c2ccccc2)C(c2ccc(N(C)c3ccccc3)cc2)n2c(nc3ccccc32)N1. The normalized spacial score (nSPS) is 14.9. The highest BCUT2D eigenvalue weighted by Crippen LogP contribution is 2.41. The van der Waals surface area contributed by atoms with Gasteiger partial charge in [0.05, 0.1) is 17.1 Å². The number of fused-ring (bicyclic) bond motifs is 3. The number of nitrogens with one attached hydrogen (secondary N) is 1. The van der Waals surface area contributed by atoms with E-state index in [1.807, 2.05) is 73.7 Å². The zero-order valence-electron chi connectivity index (χ0n) is 20.2. The Morgan fingerprint density at radius 2 is 1.42 bits per heavy atom. The molecular weight excluding hydrogens is 444 g/mol. The van der Waals surface area contributed by atoms with Crippen LogP contribution in [0.15, 0.2) is 120 Å². The summed E-state index contributed by atoms with van der Waals surface area (Å²) in [5, 5.41) is 3.40. The highest BCUT2D eigenvalue weighted by Gasteiger charge is 2.34. The molecule has 0 spiro atoms. The fourth-order valence-electron chi connectivity index (χ4n) is 5.00. The van der Waals surface area contributed by atoms with Crippen LogP contribution >= 0.6 is 0 Å². The molecule has 0 amide bonds. The average molecular weight is 471 g/mol. The molecule has 6 rings (SSSR count). The summed E-state index contributed by atoms with van der Waals surface area (Å²) in [4.78, 5) is 20.9. The molecule has 2 heterocycles. The van der Waals surface area contributed by atoms with Gasteiger partial charge >= 0.3 is 0 Å². The summed E-state index contributed by atoms with van der Waals surface area (Å²) in [5.41, 5.74) is 7.32. The van der Waals surface area contributed by atoms with E-state index in [0.717, 1.165) is 45.2 Å². The number of para-hydroxylation sites is 3. The maximum atomic E-state index is 13.9. The molecule has 0 saturated carbocycles. The van der Waals surface area contributed by atoms with Crippen LogP contribution in [-0.4, -0.2) is 22.4 Å². The fourth-order valence-corrected chi connectivity index (χ4v) is 5.00. The molecule has 5 aromatic rings. The smallest absolute Gasteiger partial charge is 0.209 e. The van der Waals surface area contributed by atoms with Gasteiger partial charge in [0.1, 0.15) is 0 Å². The summed E-state index contributed by atoms with van der Waals surface area (Å²) < 4.78 is 2.15. The lowest BCUT2D eigenvalue weighted by atomic mass is 9.89. The topological polar surface area (TPSA) is 50.2 Å². The van der Waals surface area contributed by atoms with Gasteiger partial charge in [-0.25, -0.2) is 4.98 Å². The molecule has 4 aromatic carbocycles. The molecule has 5 heteroatoms. The molecule has 0 bridgehead atoms. The van der Waals surface area contributed by atoms with Gasteiger partial charge in [-0.15, -0.1) is 0 Å². The second kappa shape index (κ2) is 8.86. The number of hydrogen-bond acceptors (Lipinski definition) is 4. The Balaban J connectivity index is 1.49. The van der Waals surface area contributed by atoms with Gasteiger partial charge in [-0.3, -0.25) is 9.36 Å². The van der Waals surface area contributed by atoms with Gasteiger partial charge in [-0.05, 0) is 48.9 Å². The summed E-state index contributed by atoms with van der Waals surface area (Å²) in [5.74, 6) is 0.758. The van der Waals surface area contributed by atoms with Crippen LogP contribution in [0, 0.1) is 0 Å². The van der Waals surface area contributed by atoms with E-state index >= 15 is 0 Å². The number of aromatic nitrogens is 2. The van der Waals surface area contributed by atoms with E-state index in [1.54, 1.807) is 0 Å². The van der Waals surface area contributed by atoms with Gasteiger partial charge in [0, 0.05) is 35.3 Å². The third kappa shape index (κ3) is 3.66. The molecule has 0 fully saturated rings. The molecule has 1 unspecified atom stereocenters. The minimum atomic E-state index is -0.308. The van der Waals surface area contributed by atoms with Gasteiger partial charge in [-0.1, -0.05) is 72.8 Å². The predicted molar refractivity (Wildman–Crippen MR) is 146 cm³/mol. The first kappa shape index (κ1) is 21.9. The van der Waals surface area contributed by atoms with Crippen LogP contribution in [-0.2, 0) is 0 Å². The first-order valence-corrected chi connectivity index (χ1v) is 12.0. The van der Waals surface area contributed by atoms with Crippen LogP contribution in [0.2, 0.25) is 0 Å². The van der Waals surface area contributed by atoms with Crippen molar-refractivity contribution in [3.05, 3.63) is 132 Å². The lowest BCUT2D eigenvalue weighted by Gasteiger charge is -2.31. The number of allylic oxidation sites excluding steroid dienone is 2. The number of anilines is 3. The number of carbonyl (C=O) groups is 1. The molecular formula is C31H26N4O. The van der Waals surface area contributed by atoms with E-state index in [4.69, 9.17) is 4.98 Å². The number of Topliss-reactive ketones (excluding diaryl/α,β-unsaturated/α-hetero) is 1. The highest BCUT2D eigenvalue weighted by atomic mass is 16.1. The second-order valence-electron chi connectivity index (χ2n) is 9.04. The maximum absolute atomic E-state index is 13.9. The largest absolute Gasteiger partial charge is 0.345 e. The molecule has 1 aliphatic heterocycles.